The van der Waals surface area contributed by atoms with E-state index in [2.05, 4.69) is 15.9 Å². The maximum atomic E-state index is 3.84. The van der Waals surface area contributed by atoms with E-state index in [-0.39, 0.29) is 0 Å². The molecular weight excluding hydrogens is 330 g/mol. The fraction of sp³-hybridized carbons (Fsp3) is 1.00. The summed E-state index contributed by atoms with van der Waals surface area (Å²) in [6.07, 6.45) is 20.2. The Morgan fingerprint density at radius 3 is 1.23 bits per heavy atom. The van der Waals surface area contributed by atoms with Crippen LogP contribution in [0.25, 0.3) is 0 Å². The van der Waals surface area contributed by atoms with Gasteiger partial charge < -0.3 is 0 Å². The first-order chi connectivity index (χ1) is 10.9. The minimum absolute atomic E-state index is 1.07. The van der Waals surface area contributed by atoms with Gasteiger partial charge in [-0.05, 0) is 0 Å². The van der Waals surface area contributed by atoms with Crippen LogP contribution in [-0.4, -0.2) is 18.8 Å². The molecular formula is C19H33B2Br. The van der Waals surface area contributed by atoms with Crippen molar-refractivity contribution in [3.8, 4) is 0 Å². The van der Waals surface area contributed by atoms with Crippen molar-refractivity contribution in [1.29, 1.82) is 0 Å². The van der Waals surface area contributed by atoms with Gasteiger partial charge in [0.2, 0.25) is 0 Å². The predicted octanol–water partition coefficient (Wildman–Crippen LogP) is 6.89. The van der Waals surface area contributed by atoms with Crippen molar-refractivity contribution in [2.75, 3.05) is 5.33 Å². The topological polar surface area (TPSA) is 0 Å². The van der Waals surface area contributed by atoms with E-state index in [4.69, 9.17) is 0 Å². The van der Waals surface area contributed by atoms with Crippen molar-refractivity contribution in [2.45, 2.75) is 112 Å². The molecule has 0 aromatic carbocycles. The predicted molar refractivity (Wildman–Crippen MR) is 104 cm³/mol. The summed E-state index contributed by atoms with van der Waals surface area (Å²) in [4.78, 5) is 0. The minimum Gasteiger partial charge on any atom is -0.0929 e. The summed E-state index contributed by atoms with van der Waals surface area (Å²) in [5.41, 5.74) is 1.07. The highest BCUT2D eigenvalue weighted by molar-refractivity contribution is 9.09. The zero-order valence-corrected chi connectivity index (χ0v) is 15.9. The lowest BCUT2D eigenvalue weighted by molar-refractivity contribution is 0.423. The van der Waals surface area contributed by atoms with Gasteiger partial charge in [-0.25, -0.2) is 0 Å². The zero-order valence-electron chi connectivity index (χ0n) is 14.3. The molecule has 0 spiro atoms. The molecule has 4 aliphatic heterocycles. The third-order valence-electron chi connectivity index (χ3n) is 8.21. The van der Waals surface area contributed by atoms with Gasteiger partial charge in [0, 0.05) is 5.33 Å². The summed E-state index contributed by atoms with van der Waals surface area (Å²) < 4.78 is 0. The van der Waals surface area contributed by atoms with E-state index >= 15 is 0 Å². The number of rotatable bonds is 4. The summed E-state index contributed by atoms with van der Waals surface area (Å²) in [7, 11) is 0. The smallest absolute Gasteiger partial charge is 0.0929 e. The van der Waals surface area contributed by atoms with Crippen molar-refractivity contribution < 1.29 is 0 Å². The average molecular weight is 363 g/mol. The van der Waals surface area contributed by atoms with E-state index in [1.54, 1.807) is 77.0 Å². The summed E-state index contributed by atoms with van der Waals surface area (Å²) in [5.74, 6) is 4.44. The largest absolute Gasteiger partial charge is 0.142 e. The lowest BCUT2D eigenvalue weighted by Crippen LogP contribution is -2.49. The van der Waals surface area contributed by atoms with E-state index in [1.807, 2.05) is 0 Å². The van der Waals surface area contributed by atoms with Crippen LogP contribution in [0.2, 0.25) is 29.0 Å². The fourth-order valence-corrected chi connectivity index (χ4v) is 8.15. The van der Waals surface area contributed by atoms with Crippen LogP contribution in [0.15, 0.2) is 0 Å². The van der Waals surface area contributed by atoms with E-state index < -0.39 is 0 Å². The monoisotopic (exact) mass is 362 g/mol. The number of hydrogen-bond donors (Lipinski definition) is 0. The number of alkyl halides is 1. The molecule has 4 aliphatic rings. The molecule has 0 radical (unpaired) electrons. The Labute approximate surface area is 147 Å². The van der Waals surface area contributed by atoms with Crippen LogP contribution in [0.1, 0.15) is 83.5 Å². The first kappa shape index (κ1) is 16.1. The molecule has 4 rings (SSSR count). The highest BCUT2D eigenvalue weighted by Gasteiger charge is 2.51. The molecule has 0 aromatic rings. The number of halogens is 1. The maximum absolute atomic E-state index is 3.84. The highest BCUT2D eigenvalue weighted by Crippen LogP contribution is 2.57. The minimum atomic E-state index is 1.07. The molecule has 4 heterocycles. The standard InChI is InChI=1S/C19H33B2Br/c22-14-13-19(20-15-5-1-6-16(20)8-2-7-15)21-17-9-3-10-18(21)12-4-11-17/h15-19H,1-14H2. The second-order valence-electron chi connectivity index (χ2n) is 9.06. The lowest BCUT2D eigenvalue weighted by atomic mass is 9.07. The van der Waals surface area contributed by atoms with Gasteiger partial charge in [0.1, 0.15) is 13.4 Å². The lowest BCUT2D eigenvalue weighted by Gasteiger charge is -2.51. The Hall–Kier alpha value is 0.610. The third kappa shape index (κ3) is 2.98. The average Bonchev–Trinajstić information content (AvgIpc) is 2.51. The van der Waals surface area contributed by atoms with Crippen molar-refractivity contribution in [3.05, 3.63) is 0 Å². The first-order valence-corrected chi connectivity index (χ1v) is 11.6. The first-order valence-electron chi connectivity index (χ1n) is 10.4. The van der Waals surface area contributed by atoms with Gasteiger partial charge in [0.05, 0.1) is 0 Å². The Kier molecular flexibility index (Phi) is 5.30. The molecule has 0 saturated carbocycles. The number of hydrogen-bond acceptors (Lipinski definition) is 0. The molecule has 0 unspecified atom stereocenters. The number of fused-ring (bicyclic) bond motifs is 4. The molecule has 0 aromatic heterocycles. The summed E-state index contributed by atoms with van der Waals surface area (Å²) in [6, 6.07) is 0. The van der Waals surface area contributed by atoms with Gasteiger partial charge in [-0.2, -0.15) is 0 Å². The van der Waals surface area contributed by atoms with Crippen molar-refractivity contribution in [1.82, 2.24) is 0 Å². The SMILES string of the molecule is BrCCC(B1C2CCCC1CCC2)B1C2CCCC1CCC2. The summed E-state index contributed by atoms with van der Waals surface area (Å²) >= 11 is 3.84. The van der Waals surface area contributed by atoms with Crippen LogP contribution in [0, 0.1) is 0 Å². The van der Waals surface area contributed by atoms with E-state index in [9.17, 15) is 0 Å². The molecule has 0 aliphatic carbocycles. The third-order valence-corrected chi connectivity index (χ3v) is 8.67. The zero-order chi connectivity index (χ0) is 14.9. The van der Waals surface area contributed by atoms with E-state index in [0.29, 0.717) is 0 Å². The Bertz CT molecular complexity index is 298. The Morgan fingerprint density at radius 2 is 0.955 bits per heavy atom. The van der Waals surface area contributed by atoms with Crippen LogP contribution < -0.4 is 0 Å². The Morgan fingerprint density at radius 1 is 0.636 bits per heavy atom. The molecule has 0 nitrogen and oxygen atoms in total. The van der Waals surface area contributed by atoms with Gasteiger partial charge in [-0.1, -0.05) is 128 Å². The second-order valence-corrected chi connectivity index (χ2v) is 9.85. The van der Waals surface area contributed by atoms with Crippen LogP contribution in [0.3, 0.4) is 0 Å². The molecule has 3 heteroatoms. The van der Waals surface area contributed by atoms with Crippen LogP contribution in [0.4, 0.5) is 0 Å². The van der Waals surface area contributed by atoms with Crippen LogP contribution in [0.5, 0.6) is 0 Å². The van der Waals surface area contributed by atoms with Gasteiger partial charge in [-0.3, -0.25) is 0 Å². The molecule has 4 saturated heterocycles. The summed E-state index contributed by atoms with van der Waals surface area (Å²) in [6.45, 7) is 2.23. The second kappa shape index (κ2) is 7.24. The molecule has 122 valence electrons. The molecule has 0 atom stereocenters. The van der Waals surface area contributed by atoms with Gasteiger partial charge in [-0.15, -0.1) is 0 Å². The van der Waals surface area contributed by atoms with Crippen LogP contribution >= 0.6 is 15.9 Å². The van der Waals surface area contributed by atoms with Crippen molar-refractivity contribution in [2.24, 2.45) is 0 Å². The summed E-state index contributed by atoms with van der Waals surface area (Å²) in [5, 5.41) is 1.25. The molecule has 4 bridgehead atoms. The van der Waals surface area contributed by atoms with Gasteiger partial charge in [0.25, 0.3) is 0 Å². The van der Waals surface area contributed by atoms with Gasteiger partial charge >= 0.3 is 0 Å². The Balaban J connectivity index is 1.59. The highest BCUT2D eigenvalue weighted by atomic mass is 79.9. The fourth-order valence-electron chi connectivity index (χ4n) is 7.62. The van der Waals surface area contributed by atoms with E-state index in [0.717, 1.165) is 42.4 Å². The maximum Gasteiger partial charge on any atom is 0.142 e. The van der Waals surface area contributed by atoms with E-state index in [1.165, 1.54) is 11.8 Å². The quantitative estimate of drug-likeness (QED) is 0.377. The molecule has 0 N–H and O–H groups in total. The van der Waals surface area contributed by atoms with Crippen molar-refractivity contribution in [3.63, 3.8) is 0 Å². The molecule has 0 amide bonds. The normalized spacial score (nSPS) is 39.7. The van der Waals surface area contributed by atoms with Crippen LogP contribution in [-0.2, 0) is 0 Å². The molecule has 4 fully saturated rings. The molecule has 22 heavy (non-hydrogen) atoms. The van der Waals surface area contributed by atoms with Gasteiger partial charge in [0.15, 0.2) is 0 Å². The van der Waals surface area contributed by atoms with Crippen molar-refractivity contribution >= 4 is 29.4 Å².